The first-order chi connectivity index (χ1) is 13.2. The van der Waals surface area contributed by atoms with Crippen molar-refractivity contribution in [2.45, 2.75) is 17.7 Å². The quantitative estimate of drug-likeness (QED) is 0.780. The molecule has 1 unspecified atom stereocenters. The number of hydrogen-bond acceptors (Lipinski definition) is 6. The van der Waals surface area contributed by atoms with Crippen LogP contribution in [0.15, 0.2) is 47.5 Å². The fourth-order valence-electron chi connectivity index (χ4n) is 3.14. The third kappa shape index (κ3) is 4.66. The van der Waals surface area contributed by atoms with E-state index in [4.69, 9.17) is 5.73 Å². The lowest BCUT2D eigenvalue weighted by Gasteiger charge is -2.32. The first-order valence-electron chi connectivity index (χ1n) is 8.86. The average Bonchev–Trinajstić information content (AvgIpc) is 2.68. The zero-order chi connectivity index (χ0) is 20.3. The van der Waals surface area contributed by atoms with E-state index >= 15 is 0 Å². The van der Waals surface area contributed by atoms with Crippen molar-refractivity contribution in [1.29, 1.82) is 0 Å². The molecule has 0 bridgehead atoms. The van der Waals surface area contributed by atoms with Crippen LogP contribution in [0.25, 0.3) is 0 Å². The van der Waals surface area contributed by atoms with E-state index in [1.165, 1.54) is 24.4 Å². The maximum atomic E-state index is 12.4. The number of benzene rings is 1. The molecule has 0 spiro atoms. The molecule has 28 heavy (non-hydrogen) atoms. The van der Waals surface area contributed by atoms with Gasteiger partial charge in [0.05, 0.1) is 22.7 Å². The smallest absolute Gasteiger partial charge is 0.255 e. The van der Waals surface area contributed by atoms with Crippen LogP contribution >= 0.6 is 0 Å². The fourth-order valence-corrected chi connectivity index (χ4v) is 3.80. The first kappa shape index (κ1) is 19.8. The minimum atomic E-state index is -3.39. The highest BCUT2D eigenvalue weighted by Gasteiger charge is 2.24. The van der Waals surface area contributed by atoms with Crippen LogP contribution in [-0.4, -0.2) is 44.6 Å². The summed E-state index contributed by atoms with van der Waals surface area (Å²) in [5.74, 6) is -0.197. The Labute approximate surface area is 163 Å². The number of sulfone groups is 1. The topological polar surface area (TPSA) is 122 Å². The number of rotatable bonds is 5. The van der Waals surface area contributed by atoms with Gasteiger partial charge >= 0.3 is 0 Å². The molecule has 1 atom stereocenters. The molecule has 3 rings (SSSR count). The standard InChI is InChI=1S/C19H22N4O4S/c1-28(26,27)16-6-2-4-13(10-16)19(25)22-15-7-8-17(21-11-15)23-9-3-5-14(12-23)18(20)24/h2,4,6-8,10-11,14H,3,5,9,12H2,1H3,(H2,20,24)(H,22,25). The highest BCUT2D eigenvalue weighted by Crippen LogP contribution is 2.22. The highest BCUT2D eigenvalue weighted by molar-refractivity contribution is 7.90. The predicted octanol–water partition coefficient (Wildman–Crippen LogP) is 1.44. The third-order valence-electron chi connectivity index (χ3n) is 4.68. The Kier molecular flexibility index (Phi) is 5.64. The number of carbonyl (C=O) groups excluding carboxylic acids is 2. The lowest BCUT2D eigenvalue weighted by molar-refractivity contribution is -0.122. The summed E-state index contributed by atoms with van der Waals surface area (Å²) in [6, 6.07) is 9.34. The summed E-state index contributed by atoms with van der Waals surface area (Å²) in [5.41, 5.74) is 6.14. The second kappa shape index (κ2) is 7.97. The lowest BCUT2D eigenvalue weighted by atomic mass is 9.97. The summed E-state index contributed by atoms with van der Waals surface area (Å²) in [6.45, 7) is 1.33. The lowest BCUT2D eigenvalue weighted by Crippen LogP contribution is -2.41. The molecule has 148 valence electrons. The minimum Gasteiger partial charge on any atom is -0.369 e. The summed E-state index contributed by atoms with van der Waals surface area (Å²) >= 11 is 0. The molecule has 2 heterocycles. The van der Waals surface area contributed by atoms with E-state index < -0.39 is 15.7 Å². The molecule has 3 N–H and O–H groups in total. The van der Waals surface area contributed by atoms with Gasteiger partial charge in [-0.15, -0.1) is 0 Å². The number of amides is 2. The summed E-state index contributed by atoms with van der Waals surface area (Å²) in [7, 11) is -3.39. The van der Waals surface area contributed by atoms with E-state index in [0.29, 0.717) is 18.1 Å². The molecule has 0 aliphatic carbocycles. The number of nitrogens with one attached hydrogen (secondary N) is 1. The van der Waals surface area contributed by atoms with E-state index in [2.05, 4.69) is 10.3 Å². The van der Waals surface area contributed by atoms with Gasteiger partial charge in [-0.25, -0.2) is 13.4 Å². The molecular formula is C19H22N4O4S. The van der Waals surface area contributed by atoms with E-state index in [1.54, 1.807) is 18.2 Å². The number of carbonyl (C=O) groups is 2. The summed E-state index contributed by atoms with van der Waals surface area (Å²) in [5, 5.41) is 2.71. The normalized spacial score (nSPS) is 17.2. The predicted molar refractivity (Wildman–Crippen MR) is 106 cm³/mol. The molecule has 1 aliphatic rings. The van der Waals surface area contributed by atoms with Crippen molar-refractivity contribution in [2.75, 3.05) is 29.6 Å². The van der Waals surface area contributed by atoms with Gasteiger partial charge in [0.15, 0.2) is 9.84 Å². The van der Waals surface area contributed by atoms with E-state index in [9.17, 15) is 18.0 Å². The molecule has 1 saturated heterocycles. The monoisotopic (exact) mass is 402 g/mol. The number of nitrogens with zero attached hydrogens (tertiary/aromatic N) is 2. The Bertz CT molecular complexity index is 989. The SMILES string of the molecule is CS(=O)(=O)c1cccc(C(=O)Nc2ccc(N3CCCC(C(N)=O)C3)nc2)c1. The second-order valence-electron chi connectivity index (χ2n) is 6.85. The van der Waals surface area contributed by atoms with Crippen LogP contribution in [-0.2, 0) is 14.6 Å². The zero-order valence-electron chi connectivity index (χ0n) is 15.5. The van der Waals surface area contributed by atoms with Gasteiger partial charge in [0.1, 0.15) is 5.82 Å². The van der Waals surface area contributed by atoms with Gasteiger partial charge in [-0.05, 0) is 43.2 Å². The van der Waals surface area contributed by atoms with E-state index in [0.717, 1.165) is 25.6 Å². The number of pyridine rings is 1. The number of nitrogens with two attached hydrogens (primary N) is 1. The van der Waals surface area contributed by atoms with Gasteiger partial charge in [-0.3, -0.25) is 9.59 Å². The Balaban J connectivity index is 1.69. The molecule has 1 aromatic carbocycles. The molecule has 2 amide bonds. The highest BCUT2D eigenvalue weighted by atomic mass is 32.2. The van der Waals surface area contributed by atoms with Crippen LogP contribution in [0.3, 0.4) is 0 Å². The molecule has 9 heteroatoms. The number of primary amides is 1. The number of hydrogen-bond donors (Lipinski definition) is 2. The van der Waals surface area contributed by atoms with Gasteiger partial charge in [0.25, 0.3) is 5.91 Å². The van der Waals surface area contributed by atoms with Gasteiger partial charge in [0.2, 0.25) is 5.91 Å². The number of anilines is 2. The zero-order valence-corrected chi connectivity index (χ0v) is 16.3. The van der Waals surface area contributed by atoms with Crippen molar-refractivity contribution < 1.29 is 18.0 Å². The maximum Gasteiger partial charge on any atom is 0.255 e. The Morgan fingerprint density at radius 2 is 2.04 bits per heavy atom. The Morgan fingerprint density at radius 1 is 1.25 bits per heavy atom. The molecule has 1 aromatic heterocycles. The van der Waals surface area contributed by atoms with Gasteiger partial charge in [-0.1, -0.05) is 6.07 Å². The third-order valence-corrected chi connectivity index (χ3v) is 5.79. The minimum absolute atomic E-state index is 0.0859. The first-order valence-corrected chi connectivity index (χ1v) is 10.7. The van der Waals surface area contributed by atoms with Crippen LogP contribution in [0, 0.1) is 5.92 Å². The van der Waals surface area contributed by atoms with Crippen molar-refractivity contribution in [3.8, 4) is 0 Å². The van der Waals surface area contributed by atoms with E-state index in [-0.39, 0.29) is 22.3 Å². The summed E-state index contributed by atoms with van der Waals surface area (Å²) in [6.07, 6.45) is 4.27. The Hall–Kier alpha value is -2.94. The van der Waals surface area contributed by atoms with Crippen molar-refractivity contribution in [3.63, 3.8) is 0 Å². The molecule has 0 radical (unpaired) electrons. The Morgan fingerprint density at radius 3 is 2.68 bits per heavy atom. The van der Waals surface area contributed by atoms with Crippen LogP contribution in [0.2, 0.25) is 0 Å². The van der Waals surface area contributed by atoms with Crippen molar-refractivity contribution in [1.82, 2.24) is 4.98 Å². The number of aromatic nitrogens is 1. The molecule has 0 saturated carbocycles. The largest absolute Gasteiger partial charge is 0.369 e. The fraction of sp³-hybridized carbons (Fsp3) is 0.316. The molecule has 8 nitrogen and oxygen atoms in total. The van der Waals surface area contributed by atoms with Crippen molar-refractivity contribution >= 4 is 33.2 Å². The molecule has 2 aromatic rings. The summed E-state index contributed by atoms with van der Waals surface area (Å²) < 4.78 is 23.3. The molecule has 1 fully saturated rings. The van der Waals surface area contributed by atoms with Crippen molar-refractivity contribution in [3.05, 3.63) is 48.2 Å². The van der Waals surface area contributed by atoms with Crippen LogP contribution in [0.4, 0.5) is 11.5 Å². The average molecular weight is 402 g/mol. The van der Waals surface area contributed by atoms with E-state index in [1.807, 2.05) is 4.90 Å². The van der Waals surface area contributed by atoms with Gasteiger partial charge in [0, 0.05) is 24.9 Å². The van der Waals surface area contributed by atoms with Crippen molar-refractivity contribution in [2.24, 2.45) is 11.7 Å². The number of piperidine rings is 1. The molecular weight excluding hydrogens is 380 g/mol. The van der Waals surface area contributed by atoms with Crippen LogP contribution < -0.4 is 16.0 Å². The van der Waals surface area contributed by atoms with Gasteiger partial charge in [-0.2, -0.15) is 0 Å². The molecule has 1 aliphatic heterocycles. The maximum absolute atomic E-state index is 12.4. The van der Waals surface area contributed by atoms with Crippen LogP contribution in [0.5, 0.6) is 0 Å². The second-order valence-corrected chi connectivity index (χ2v) is 8.86. The van der Waals surface area contributed by atoms with Crippen LogP contribution in [0.1, 0.15) is 23.2 Å². The summed E-state index contributed by atoms with van der Waals surface area (Å²) in [4.78, 5) is 30.3. The van der Waals surface area contributed by atoms with Gasteiger partial charge < -0.3 is 16.0 Å².